The zero-order chi connectivity index (χ0) is 15.0. The molecule has 0 heterocycles. The largest absolute Gasteiger partial charge is 0.352 e. The first kappa shape index (κ1) is 16.7. The van der Waals surface area contributed by atoms with E-state index >= 15 is 0 Å². The summed E-state index contributed by atoms with van der Waals surface area (Å²) in [6.45, 7) is 6.49. The van der Waals surface area contributed by atoms with Crippen LogP contribution in [0.2, 0.25) is 0 Å². The first-order chi connectivity index (χ1) is 9.49. The number of carbonyl (C=O) groups is 1. The molecule has 0 saturated carbocycles. The lowest BCUT2D eigenvalue weighted by atomic mass is 10.0. The van der Waals surface area contributed by atoms with Crippen LogP contribution in [0.4, 0.5) is 0 Å². The lowest BCUT2D eigenvalue weighted by molar-refractivity contribution is -0.123. The third-order valence-corrected chi connectivity index (χ3v) is 3.44. The summed E-state index contributed by atoms with van der Waals surface area (Å²) < 4.78 is 0. The van der Waals surface area contributed by atoms with Crippen LogP contribution in [-0.2, 0) is 11.2 Å². The normalized spacial score (nSPS) is 14.1. The summed E-state index contributed by atoms with van der Waals surface area (Å²) in [6, 6.07) is 9.63. The van der Waals surface area contributed by atoms with Gasteiger partial charge in [-0.2, -0.15) is 0 Å². The molecule has 20 heavy (non-hydrogen) atoms. The Morgan fingerprint density at radius 3 is 2.40 bits per heavy atom. The fraction of sp³-hybridized carbons (Fsp3) is 0.588. The summed E-state index contributed by atoms with van der Waals surface area (Å²) in [5, 5.41) is 3.01. The smallest absolute Gasteiger partial charge is 0.237 e. The molecule has 3 nitrogen and oxygen atoms in total. The molecule has 3 N–H and O–H groups in total. The Morgan fingerprint density at radius 2 is 1.80 bits per heavy atom. The van der Waals surface area contributed by atoms with Crippen LogP contribution in [0, 0.1) is 5.92 Å². The second kappa shape index (κ2) is 8.75. The van der Waals surface area contributed by atoms with Gasteiger partial charge in [-0.05, 0) is 31.2 Å². The molecule has 1 amide bonds. The molecule has 2 atom stereocenters. The van der Waals surface area contributed by atoms with E-state index in [1.165, 1.54) is 6.42 Å². The Hall–Kier alpha value is -1.35. The van der Waals surface area contributed by atoms with Gasteiger partial charge >= 0.3 is 0 Å². The molecule has 0 aliphatic carbocycles. The van der Waals surface area contributed by atoms with E-state index in [-0.39, 0.29) is 11.9 Å². The standard InChI is InChI=1S/C17H28N2O/c1-13(2)8-7-9-14(3)19-17(20)16(18)12-15-10-5-4-6-11-15/h4-6,10-11,13-14,16H,7-9,12,18H2,1-3H3,(H,19,20)/t14?,16-/m0/s1. The number of hydrogen-bond donors (Lipinski definition) is 2. The molecule has 1 unspecified atom stereocenters. The quantitative estimate of drug-likeness (QED) is 0.767. The summed E-state index contributed by atoms with van der Waals surface area (Å²) >= 11 is 0. The van der Waals surface area contributed by atoms with E-state index in [0.717, 1.165) is 24.3 Å². The van der Waals surface area contributed by atoms with Crippen molar-refractivity contribution in [3.63, 3.8) is 0 Å². The third-order valence-electron chi connectivity index (χ3n) is 3.44. The summed E-state index contributed by atoms with van der Waals surface area (Å²) in [5.74, 6) is 0.670. The fourth-order valence-corrected chi connectivity index (χ4v) is 2.22. The molecule has 0 bridgehead atoms. The number of benzene rings is 1. The van der Waals surface area contributed by atoms with Crippen molar-refractivity contribution >= 4 is 5.91 Å². The highest BCUT2D eigenvalue weighted by molar-refractivity contribution is 5.82. The zero-order valence-electron chi connectivity index (χ0n) is 12.9. The Morgan fingerprint density at radius 1 is 1.15 bits per heavy atom. The summed E-state index contributed by atoms with van der Waals surface area (Å²) in [7, 11) is 0. The lowest BCUT2D eigenvalue weighted by Crippen LogP contribution is -2.45. The lowest BCUT2D eigenvalue weighted by Gasteiger charge is -2.18. The summed E-state index contributed by atoms with van der Waals surface area (Å²) in [4.78, 5) is 12.0. The van der Waals surface area contributed by atoms with Crippen molar-refractivity contribution < 1.29 is 4.79 Å². The van der Waals surface area contributed by atoms with Gasteiger partial charge in [-0.15, -0.1) is 0 Å². The van der Waals surface area contributed by atoms with Crippen LogP contribution in [0.25, 0.3) is 0 Å². The van der Waals surface area contributed by atoms with Crippen LogP contribution >= 0.6 is 0 Å². The van der Waals surface area contributed by atoms with Crippen molar-refractivity contribution in [2.45, 2.75) is 58.5 Å². The van der Waals surface area contributed by atoms with Crippen molar-refractivity contribution in [1.82, 2.24) is 5.32 Å². The second-order valence-corrected chi connectivity index (χ2v) is 6.03. The Labute approximate surface area is 122 Å². The van der Waals surface area contributed by atoms with Gasteiger partial charge < -0.3 is 11.1 Å². The summed E-state index contributed by atoms with van der Waals surface area (Å²) in [6.07, 6.45) is 3.96. The van der Waals surface area contributed by atoms with Gasteiger partial charge in [0, 0.05) is 6.04 Å². The van der Waals surface area contributed by atoms with Gasteiger partial charge in [0.2, 0.25) is 5.91 Å². The molecule has 0 aliphatic rings. The van der Waals surface area contributed by atoms with Gasteiger partial charge in [0.15, 0.2) is 0 Å². The number of nitrogens with one attached hydrogen (secondary N) is 1. The molecule has 0 spiro atoms. The molecule has 0 aromatic heterocycles. The maximum absolute atomic E-state index is 12.0. The predicted molar refractivity (Wildman–Crippen MR) is 84.4 cm³/mol. The predicted octanol–water partition coefficient (Wildman–Crippen LogP) is 2.89. The zero-order valence-corrected chi connectivity index (χ0v) is 12.9. The number of hydrogen-bond acceptors (Lipinski definition) is 2. The van der Waals surface area contributed by atoms with E-state index in [0.29, 0.717) is 6.42 Å². The van der Waals surface area contributed by atoms with Crippen LogP contribution in [0.3, 0.4) is 0 Å². The van der Waals surface area contributed by atoms with E-state index < -0.39 is 6.04 Å². The molecule has 0 fully saturated rings. The molecule has 0 radical (unpaired) electrons. The van der Waals surface area contributed by atoms with Gasteiger partial charge in [-0.1, -0.05) is 57.0 Å². The van der Waals surface area contributed by atoms with Crippen molar-refractivity contribution in [3.8, 4) is 0 Å². The van der Waals surface area contributed by atoms with Gasteiger partial charge in [0.25, 0.3) is 0 Å². The van der Waals surface area contributed by atoms with Crippen molar-refractivity contribution in [3.05, 3.63) is 35.9 Å². The van der Waals surface area contributed by atoms with E-state index in [9.17, 15) is 4.79 Å². The monoisotopic (exact) mass is 276 g/mol. The van der Waals surface area contributed by atoms with Gasteiger partial charge in [0.1, 0.15) is 0 Å². The number of carbonyl (C=O) groups excluding carboxylic acids is 1. The molecule has 1 aromatic rings. The highest BCUT2D eigenvalue weighted by Gasteiger charge is 2.16. The van der Waals surface area contributed by atoms with Crippen molar-refractivity contribution in [1.29, 1.82) is 0 Å². The molecular formula is C17H28N2O. The first-order valence-electron chi connectivity index (χ1n) is 7.59. The average molecular weight is 276 g/mol. The van der Waals surface area contributed by atoms with E-state index in [2.05, 4.69) is 19.2 Å². The Balaban J connectivity index is 2.30. The minimum Gasteiger partial charge on any atom is -0.352 e. The Kier molecular flexibility index (Phi) is 7.31. The number of rotatable bonds is 8. The van der Waals surface area contributed by atoms with Gasteiger partial charge in [-0.3, -0.25) is 4.79 Å². The topological polar surface area (TPSA) is 55.1 Å². The molecule has 0 saturated heterocycles. The minimum absolute atomic E-state index is 0.0501. The number of amides is 1. The third kappa shape index (κ3) is 6.71. The molecule has 0 aliphatic heterocycles. The van der Waals surface area contributed by atoms with Crippen LogP contribution < -0.4 is 11.1 Å². The maximum Gasteiger partial charge on any atom is 0.237 e. The first-order valence-corrected chi connectivity index (χ1v) is 7.59. The number of nitrogens with two attached hydrogens (primary N) is 1. The molecule has 1 rings (SSSR count). The highest BCUT2D eigenvalue weighted by Crippen LogP contribution is 2.08. The van der Waals surface area contributed by atoms with Gasteiger partial charge in [-0.25, -0.2) is 0 Å². The minimum atomic E-state index is -0.468. The van der Waals surface area contributed by atoms with Crippen LogP contribution in [-0.4, -0.2) is 18.0 Å². The van der Waals surface area contributed by atoms with Crippen molar-refractivity contribution in [2.24, 2.45) is 11.7 Å². The van der Waals surface area contributed by atoms with E-state index in [1.807, 2.05) is 37.3 Å². The fourth-order valence-electron chi connectivity index (χ4n) is 2.22. The molecule has 3 heteroatoms. The van der Waals surface area contributed by atoms with Crippen LogP contribution in [0.15, 0.2) is 30.3 Å². The van der Waals surface area contributed by atoms with Crippen LogP contribution in [0.5, 0.6) is 0 Å². The Bertz CT molecular complexity index is 389. The average Bonchev–Trinajstić information content (AvgIpc) is 2.39. The molecule has 112 valence electrons. The van der Waals surface area contributed by atoms with Crippen LogP contribution in [0.1, 0.15) is 45.6 Å². The molecule has 1 aromatic carbocycles. The maximum atomic E-state index is 12.0. The van der Waals surface area contributed by atoms with E-state index in [1.54, 1.807) is 0 Å². The van der Waals surface area contributed by atoms with E-state index in [4.69, 9.17) is 5.73 Å². The molecular weight excluding hydrogens is 248 g/mol. The van der Waals surface area contributed by atoms with Gasteiger partial charge in [0.05, 0.1) is 6.04 Å². The highest BCUT2D eigenvalue weighted by atomic mass is 16.2. The summed E-state index contributed by atoms with van der Waals surface area (Å²) in [5.41, 5.74) is 7.06. The van der Waals surface area contributed by atoms with Crippen molar-refractivity contribution in [2.75, 3.05) is 0 Å². The second-order valence-electron chi connectivity index (χ2n) is 6.03. The SMILES string of the molecule is CC(C)CCCC(C)NC(=O)[C@@H](N)Cc1ccccc1.